The number of anilines is 1. The van der Waals surface area contributed by atoms with Crippen LogP contribution in [0.4, 0.5) is 23.7 Å². The van der Waals surface area contributed by atoms with Crippen molar-refractivity contribution >= 4 is 17.6 Å². The van der Waals surface area contributed by atoms with E-state index in [0.29, 0.717) is 11.6 Å². The van der Waals surface area contributed by atoms with Gasteiger partial charge in [0.05, 0.1) is 17.6 Å². The van der Waals surface area contributed by atoms with E-state index in [4.69, 9.17) is 10.8 Å². The van der Waals surface area contributed by atoms with Gasteiger partial charge in [0.1, 0.15) is 5.84 Å². The number of nitrogens with one attached hydrogen (secondary N) is 2. The van der Waals surface area contributed by atoms with Crippen LogP contribution in [0.1, 0.15) is 31.6 Å². The molecule has 142 valence electrons. The van der Waals surface area contributed by atoms with E-state index in [2.05, 4.69) is 20.6 Å². The first-order chi connectivity index (χ1) is 12.2. The molecule has 0 radical (unpaired) electrons. The second kappa shape index (κ2) is 8.17. The molecule has 1 aliphatic carbocycles. The normalized spacial score (nSPS) is 17.8. The van der Waals surface area contributed by atoms with Gasteiger partial charge >= 0.3 is 12.2 Å². The average molecular weight is 371 g/mol. The molecular weight excluding hydrogens is 351 g/mol. The van der Waals surface area contributed by atoms with Crippen LogP contribution in [0.3, 0.4) is 0 Å². The van der Waals surface area contributed by atoms with Gasteiger partial charge in [0.2, 0.25) is 0 Å². The van der Waals surface area contributed by atoms with Crippen LogP contribution in [0.2, 0.25) is 0 Å². The number of amidine groups is 1. The van der Waals surface area contributed by atoms with Crippen LogP contribution in [0, 0.1) is 5.92 Å². The highest BCUT2D eigenvalue weighted by molar-refractivity contribution is 5.99. The first-order valence-corrected chi connectivity index (χ1v) is 7.95. The quantitative estimate of drug-likeness (QED) is 0.453. The standard InChI is InChI=1S/C16H20F3N5O2/c1-9(10-2-3-10)23-15(26)24-13(20)6-7-21-11-4-5-12(22-8-11)14(25)16(17,18)19/h4-10,14,21,25H,2-3H2,1H3,(H3,20,23,24,26)/b7-6-/t9-,14?/m0/s1. The van der Waals surface area contributed by atoms with Crippen LogP contribution in [0.25, 0.3) is 0 Å². The summed E-state index contributed by atoms with van der Waals surface area (Å²) in [6, 6.07) is 1.90. The van der Waals surface area contributed by atoms with Gasteiger partial charge in [-0.15, -0.1) is 0 Å². The van der Waals surface area contributed by atoms with Crippen molar-refractivity contribution in [2.24, 2.45) is 16.6 Å². The minimum atomic E-state index is -4.77. The lowest BCUT2D eigenvalue weighted by Crippen LogP contribution is -2.33. The maximum absolute atomic E-state index is 12.4. The smallest absolute Gasteiger partial charge is 0.383 e. The Bertz CT molecular complexity index is 684. The molecule has 0 aromatic carbocycles. The van der Waals surface area contributed by atoms with Crippen molar-refractivity contribution in [3.63, 3.8) is 0 Å². The zero-order valence-corrected chi connectivity index (χ0v) is 14.0. The number of nitrogens with zero attached hydrogens (tertiary/aromatic N) is 2. The van der Waals surface area contributed by atoms with Crippen LogP contribution in [0.15, 0.2) is 35.6 Å². The number of aliphatic hydroxyl groups excluding tert-OH is 1. The third kappa shape index (κ3) is 6.03. The number of aliphatic hydroxyl groups is 1. The minimum Gasteiger partial charge on any atom is -0.383 e. The number of alkyl halides is 3. The van der Waals surface area contributed by atoms with Crippen molar-refractivity contribution in [1.29, 1.82) is 0 Å². The highest BCUT2D eigenvalue weighted by Gasteiger charge is 2.40. The van der Waals surface area contributed by atoms with Crippen molar-refractivity contribution in [2.45, 2.75) is 38.1 Å². The molecule has 2 rings (SSSR count). The van der Waals surface area contributed by atoms with Crippen LogP contribution in [0.5, 0.6) is 0 Å². The van der Waals surface area contributed by atoms with Crippen molar-refractivity contribution in [2.75, 3.05) is 5.32 Å². The molecular formula is C16H20F3N5O2. The third-order valence-electron chi connectivity index (χ3n) is 3.79. The van der Waals surface area contributed by atoms with Crippen LogP contribution in [-0.2, 0) is 0 Å². The third-order valence-corrected chi connectivity index (χ3v) is 3.79. The van der Waals surface area contributed by atoms with Gasteiger partial charge in [0.15, 0.2) is 6.10 Å². The number of rotatable bonds is 6. The number of halogens is 3. The van der Waals surface area contributed by atoms with E-state index in [1.54, 1.807) is 0 Å². The van der Waals surface area contributed by atoms with Crippen molar-refractivity contribution in [1.82, 2.24) is 10.3 Å². The van der Waals surface area contributed by atoms with E-state index in [9.17, 15) is 18.0 Å². The number of aromatic nitrogens is 1. The second-order valence-electron chi connectivity index (χ2n) is 6.01. The second-order valence-corrected chi connectivity index (χ2v) is 6.01. The number of hydrogen-bond acceptors (Lipinski definition) is 4. The van der Waals surface area contributed by atoms with Gasteiger partial charge in [-0.25, -0.2) is 4.79 Å². The van der Waals surface area contributed by atoms with Crippen molar-refractivity contribution < 1.29 is 23.1 Å². The predicted octanol–water partition coefficient (Wildman–Crippen LogP) is 2.47. The molecule has 1 aromatic heterocycles. The summed E-state index contributed by atoms with van der Waals surface area (Å²) in [5.41, 5.74) is 5.48. The molecule has 1 fully saturated rings. The maximum atomic E-state index is 12.4. The van der Waals surface area contributed by atoms with Crippen LogP contribution < -0.4 is 16.4 Å². The van der Waals surface area contributed by atoms with Gasteiger partial charge < -0.3 is 21.5 Å². The van der Waals surface area contributed by atoms with Gasteiger partial charge in [-0.1, -0.05) is 0 Å². The van der Waals surface area contributed by atoms with E-state index >= 15 is 0 Å². The molecule has 1 aromatic rings. The average Bonchev–Trinajstić information content (AvgIpc) is 3.38. The fourth-order valence-electron chi connectivity index (χ4n) is 2.14. The fourth-order valence-corrected chi connectivity index (χ4v) is 2.14. The molecule has 1 aliphatic rings. The summed E-state index contributed by atoms with van der Waals surface area (Å²) in [4.78, 5) is 18.9. The zero-order chi connectivity index (χ0) is 19.3. The molecule has 1 saturated carbocycles. The molecule has 1 unspecified atom stereocenters. The van der Waals surface area contributed by atoms with Crippen LogP contribution in [-0.4, -0.2) is 34.2 Å². The number of carbonyl (C=O) groups is 1. The van der Waals surface area contributed by atoms with Crippen molar-refractivity contribution in [3.8, 4) is 0 Å². The number of amides is 2. The molecule has 10 heteroatoms. The van der Waals surface area contributed by atoms with Gasteiger partial charge in [0, 0.05) is 12.2 Å². The number of carbonyl (C=O) groups excluding carboxylic acids is 1. The van der Waals surface area contributed by atoms with Crippen LogP contribution >= 0.6 is 0 Å². The van der Waals surface area contributed by atoms with Gasteiger partial charge in [-0.05, 0) is 43.9 Å². The maximum Gasteiger partial charge on any atom is 0.420 e. The Hall–Kier alpha value is -2.62. The summed E-state index contributed by atoms with van der Waals surface area (Å²) >= 11 is 0. The lowest BCUT2D eigenvalue weighted by molar-refractivity contribution is -0.207. The Kier molecular flexibility index (Phi) is 6.19. The molecule has 0 saturated heterocycles. The van der Waals surface area contributed by atoms with E-state index in [1.807, 2.05) is 6.92 Å². The monoisotopic (exact) mass is 371 g/mol. The summed E-state index contributed by atoms with van der Waals surface area (Å²) in [6.07, 6.45) is -1.38. The predicted molar refractivity (Wildman–Crippen MR) is 90.4 cm³/mol. The van der Waals surface area contributed by atoms with Crippen molar-refractivity contribution in [3.05, 3.63) is 36.3 Å². The topological polar surface area (TPSA) is 113 Å². The first kappa shape index (κ1) is 19.7. The Labute approximate surface area is 148 Å². The summed E-state index contributed by atoms with van der Waals surface area (Å²) in [7, 11) is 0. The largest absolute Gasteiger partial charge is 0.420 e. The molecule has 0 aliphatic heterocycles. The number of nitrogens with two attached hydrogens (primary N) is 1. The van der Waals surface area contributed by atoms with E-state index < -0.39 is 24.0 Å². The zero-order valence-electron chi connectivity index (χ0n) is 14.0. The highest BCUT2D eigenvalue weighted by Crippen LogP contribution is 2.32. The molecule has 0 bridgehead atoms. The Morgan fingerprint density at radius 3 is 2.69 bits per heavy atom. The van der Waals surface area contributed by atoms with Gasteiger partial charge in [0.25, 0.3) is 0 Å². The molecule has 1 heterocycles. The lowest BCUT2D eigenvalue weighted by Gasteiger charge is -2.13. The molecule has 26 heavy (non-hydrogen) atoms. The molecule has 2 amide bonds. The number of urea groups is 1. The minimum absolute atomic E-state index is 0.0323. The number of aliphatic imine (C=N–C) groups is 1. The highest BCUT2D eigenvalue weighted by atomic mass is 19.4. The summed E-state index contributed by atoms with van der Waals surface area (Å²) in [5.74, 6) is 0.467. The van der Waals surface area contributed by atoms with Gasteiger partial charge in [-0.2, -0.15) is 18.2 Å². The van der Waals surface area contributed by atoms with E-state index in [-0.39, 0.29) is 11.9 Å². The first-order valence-electron chi connectivity index (χ1n) is 7.95. The molecule has 2 atom stereocenters. The lowest BCUT2D eigenvalue weighted by atomic mass is 10.2. The Balaban J connectivity index is 1.85. The fraction of sp³-hybridized carbons (Fsp3) is 0.438. The summed E-state index contributed by atoms with van der Waals surface area (Å²) < 4.78 is 37.1. The molecule has 5 N–H and O–H groups in total. The summed E-state index contributed by atoms with van der Waals surface area (Å²) in [6.45, 7) is 1.91. The SMILES string of the molecule is C[C@H](NC(=O)N=C(N)/C=C\Nc1ccc(C(O)C(F)(F)F)nc1)C1CC1. The molecule has 7 nitrogen and oxygen atoms in total. The summed E-state index contributed by atoms with van der Waals surface area (Å²) in [5, 5.41) is 14.5. The molecule has 0 spiro atoms. The Morgan fingerprint density at radius 2 is 2.15 bits per heavy atom. The number of pyridine rings is 1. The Morgan fingerprint density at radius 1 is 1.46 bits per heavy atom. The van der Waals surface area contributed by atoms with Gasteiger partial charge in [-0.3, -0.25) is 4.98 Å². The number of hydrogen-bond donors (Lipinski definition) is 4. The van der Waals surface area contributed by atoms with E-state index in [1.165, 1.54) is 18.3 Å². The van der Waals surface area contributed by atoms with E-state index in [0.717, 1.165) is 25.1 Å².